The average molecular weight is 639 g/mol. The molecule has 0 radical (unpaired) electrons. The average Bonchev–Trinajstić information content (AvgIpc) is 2.99. The molecule has 4 aromatic rings. The molecule has 0 saturated heterocycles. The zero-order chi connectivity index (χ0) is 31.1. The van der Waals surface area contributed by atoms with Gasteiger partial charge in [-0.2, -0.15) is 0 Å². The first-order chi connectivity index (χ1) is 20.5. The Labute approximate surface area is 263 Å². The summed E-state index contributed by atoms with van der Waals surface area (Å²) in [5.41, 5.74) is 3.41. The second-order valence-electron chi connectivity index (χ2n) is 10.2. The maximum absolute atomic E-state index is 14.3. The smallest absolute Gasteiger partial charge is 0.264 e. The van der Waals surface area contributed by atoms with E-state index < -0.39 is 28.5 Å². The molecule has 4 aromatic carbocycles. The summed E-state index contributed by atoms with van der Waals surface area (Å²) >= 11 is 12.7. The van der Waals surface area contributed by atoms with Gasteiger partial charge in [-0.15, -0.1) is 0 Å². The number of aryl methyl sites for hydroxylation is 2. The second-order valence-corrected chi connectivity index (χ2v) is 12.9. The highest BCUT2D eigenvalue weighted by Gasteiger charge is 2.34. The number of halogens is 2. The molecule has 0 aliphatic carbocycles. The Morgan fingerprint density at radius 3 is 2.14 bits per heavy atom. The molecular formula is C33H33Cl2N3O4S. The van der Waals surface area contributed by atoms with Crippen molar-refractivity contribution in [3.05, 3.63) is 129 Å². The number of amides is 2. The minimum absolute atomic E-state index is 0.0242. The molecule has 0 aliphatic heterocycles. The molecule has 10 heteroatoms. The summed E-state index contributed by atoms with van der Waals surface area (Å²) in [4.78, 5) is 29.1. The van der Waals surface area contributed by atoms with Crippen molar-refractivity contribution < 1.29 is 18.0 Å². The third-order valence-electron chi connectivity index (χ3n) is 7.09. The number of sulfonamides is 1. The van der Waals surface area contributed by atoms with Crippen molar-refractivity contribution in [2.45, 2.75) is 37.8 Å². The van der Waals surface area contributed by atoms with E-state index in [1.807, 2.05) is 37.3 Å². The van der Waals surface area contributed by atoms with Gasteiger partial charge in [0.05, 0.1) is 10.6 Å². The number of benzene rings is 4. The van der Waals surface area contributed by atoms with E-state index in [0.717, 1.165) is 21.0 Å². The zero-order valence-corrected chi connectivity index (χ0v) is 26.5. The van der Waals surface area contributed by atoms with Crippen LogP contribution in [0, 0.1) is 13.8 Å². The van der Waals surface area contributed by atoms with Crippen LogP contribution in [0.1, 0.15) is 22.3 Å². The van der Waals surface area contributed by atoms with Crippen LogP contribution in [0.4, 0.5) is 5.69 Å². The summed E-state index contributed by atoms with van der Waals surface area (Å²) in [7, 11) is -2.71. The highest BCUT2D eigenvalue weighted by atomic mass is 35.5. The molecule has 43 heavy (non-hydrogen) atoms. The minimum atomic E-state index is -4.21. The van der Waals surface area contributed by atoms with E-state index in [9.17, 15) is 18.0 Å². The summed E-state index contributed by atoms with van der Waals surface area (Å²) in [5, 5.41) is 3.50. The Bertz CT molecular complexity index is 1700. The van der Waals surface area contributed by atoms with Gasteiger partial charge in [-0.05, 0) is 66.9 Å². The predicted octanol–water partition coefficient (Wildman–Crippen LogP) is 6.19. The van der Waals surface area contributed by atoms with E-state index in [2.05, 4.69) is 5.32 Å². The Morgan fingerprint density at radius 1 is 0.837 bits per heavy atom. The Morgan fingerprint density at radius 2 is 1.51 bits per heavy atom. The molecule has 0 saturated carbocycles. The van der Waals surface area contributed by atoms with Crippen LogP contribution in [-0.4, -0.2) is 44.8 Å². The molecule has 1 unspecified atom stereocenters. The van der Waals surface area contributed by atoms with Crippen molar-refractivity contribution in [2.75, 3.05) is 17.9 Å². The fourth-order valence-corrected chi connectivity index (χ4v) is 6.45. The van der Waals surface area contributed by atoms with Crippen molar-refractivity contribution in [2.24, 2.45) is 0 Å². The normalized spacial score (nSPS) is 11.9. The fourth-order valence-electron chi connectivity index (χ4n) is 4.66. The zero-order valence-electron chi connectivity index (χ0n) is 24.1. The molecular weight excluding hydrogens is 605 g/mol. The topological polar surface area (TPSA) is 86.8 Å². The first-order valence-corrected chi connectivity index (χ1v) is 15.8. The summed E-state index contributed by atoms with van der Waals surface area (Å²) in [6.07, 6.45) is 0.216. The lowest BCUT2D eigenvalue weighted by Gasteiger charge is -2.33. The summed E-state index contributed by atoms with van der Waals surface area (Å²) < 4.78 is 29.2. The molecule has 0 bridgehead atoms. The number of carbonyl (C=O) groups is 2. The largest absolute Gasteiger partial charge is 0.357 e. The van der Waals surface area contributed by atoms with Gasteiger partial charge < -0.3 is 10.2 Å². The van der Waals surface area contributed by atoms with Gasteiger partial charge in [0.25, 0.3) is 10.0 Å². The quantitative estimate of drug-likeness (QED) is 0.212. The van der Waals surface area contributed by atoms with Crippen molar-refractivity contribution in [3.63, 3.8) is 0 Å². The first-order valence-electron chi connectivity index (χ1n) is 13.6. The van der Waals surface area contributed by atoms with Crippen LogP contribution in [0.25, 0.3) is 0 Å². The van der Waals surface area contributed by atoms with Gasteiger partial charge in [0, 0.05) is 30.1 Å². The molecule has 0 aromatic heterocycles. The standard InChI is InChI=1S/C33H33Cl2N3O4S/c1-23-12-16-29(17-13-23)43(41,42)38(28-15-14-24(2)30(35)20-28)22-32(39)37(21-26-10-7-11-27(34)18-26)31(33(40)36-3)19-25-8-5-4-6-9-25/h4-18,20,31H,19,21-22H2,1-3H3,(H,36,40). The van der Waals surface area contributed by atoms with Crippen LogP contribution in [-0.2, 0) is 32.6 Å². The maximum Gasteiger partial charge on any atom is 0.264 e. The van der Waals surface area contributed by atoms with Crippen LogP contribution in [0.2, 0.25) is 10.0 Å². The third-order valence-corrected chi connectivity index (χ3v) is 9.52. The lowest BCUT2D eigenvalue weighted by atomic mass is 10.0. The lowest BCUT2D eigenvalue weighted by molar-refractivity contribution is -0.139. The number of rotatable bonds is 11. The van der Waals surface area contributed by atoms with Gasteiger partial charge >= 0.3 is 0 Å². The molecule has 0 aliphatic rings. The van der Waals surface area contributed by atoms with E-state index >= 15 is 0 Å². The molecule has 0 heterocycles. The van der Waals surface area contributed by atoms with Crippen LogP contribution < -0.4 is 9.62 Å². The second kappa shape index (κ2) is 14.1. The Hall–Kier alpha value is -3.85. The van der Waals surface area contributed by atoms with Gasteiger partial charge in [0.2, 0.25) is 11.8 Å². The van der Waals surface area contributed by atoms with E-state index in [1.54, 1.807) is 55.5 Å². The van der Waals surface area contributed by atoms with Gasteiger partial charge in [-0.25, -0.2) is 8.42 Å². The number of likely N-dealkylation sites (N-methyl/N-ethyl adjacent to an activating group) is 1. The number of anilines is 1. The number of hydrogen-bond acceptors (Lipinski definition) is 4. The van der Waals surface area contributed by atoms with Crippen LogP contribution >= 0.6 is 23.2 Å². The summed E-state index contributed by atoms with van der Waals surface area (Å²) in [6.45, 7) is 3.12. The molecule has 0 spiro atoms. The number of nitrogens with one attached hydrogen (secondary N) is 1. The van der Waals surface area contributed by atoms with Crippen molar-refractivity contribution in [3.8, 4) is 0 Å². The number of nitrogens with zero attached hydrogens (tertiary/aromatic N) is 2. The van der Waals surface area contributed by atoms with Gasteiger partial charge in [-0.3, -0.25) is 13.9 Å². The molecule has 1 N–H and O–H groups in total. The Kier molecular flexibility index (Phi) is 10.5. The SMILES string of the molecule is CNC(=O)C(Cc1ccccc1)N(Cc1cccc(Cl)c1)C(=O)CN(c1ccc(C)c(Cl)c1)S(=O)(=O)c1ccc(C)cc1. The maximum atomic E-state index is 14.3. The van der Waals surface area contributed by atoms with Crippen LogP contribution in [0.5, 0.6) is 0 Å². The number of carbonyl (C=O) groups excluding carboxylic acids is 2. The van der Waals surface area contributed by atoms with E-state index in [1.165, 1.54) is 30.1 Å². The van der Waals surface area contributed by atoms with Gasteiger partial charge in [-0.1, -0.05) is 89.4 Å². The minimum Gasteiger partial charge on any atom is -0.357 e. The molecule has 2 amide bonds. The van der Waals surface area contributed by atoms with E-state index in [0.29, 0.717) is 15.6 Å². The van der Waals surface area contributed by atoms with Crippen molar-refractivity contribution >= 4 is 50.7 Å². The molecule has 4 rings (SSSR count). The summed E-state index contributed by atoms with van der Waals surface area (Å²) in [5.74, 6) is -0.956. The fraction of sp³-hybridized carbons (Fsp3) is 0.212. The predicted molar refractivity (Wildman–Crippen MR) is 172 cm³/mol. The lowest BCUT2D eigenvalue weighted by Crippen LogP contribution is -2.53. The van der Waals surface area contributed by atoms with E-state index in [-0.39, 0.29) is 29.5 Å². The van der Waals surface area contributed by atoms with Crippen molar-refractivity contribution in [1.82, 2.24) is 10.2 Å². The Balaban J connectivity index is 1.80. The highest BCUT2D eigenvalue weighted by Crippen LogP contribution is 2.29. The molecule has 0 fully saturated rings. The first kappa shape index (κ1) is 32.1. The van der Waals surface area contributed by atoms with Crippen LogP contribution in [0.3, 0.4) is 0 Å². The third kappa shape index (κ3) is 7.96. The van der Waals surface area contributed by atoms with Gasteiger partial charge in [0.15, 0.2) is 0 Å². The molecule has 1 atom stereocenters. The van der Waals surface area contributed by atoms with Crippen molar-refractivity contribution in [1.29, 1.82) is 0 Å². The molecule has 7 nitrogen and oxygen atoms in total. The molecule has 224 valence electrons. The van der Waals surface area contributed by atoms with Crippen LogP contribution in [0.15, 0.2) is 102 Å². The summed E-state index contributed by atoms with van der Waals surface area (Å²) in [6, 6.07) is 26.6. The highest BCUT2D eigenvalue weighted by molar-refractivity contribution is 7.92. The van der Waals surface area contributed by atoms with E-state index in [4.69, 9.17) is 23.2 Å². The van der Waals surface area contributed by atoms with Gasteiger partial charge in [0.1, 0.15) is 12.6 Å². The number of hydrogen-bond donors (Lipinski definition) is 1. The monoisotopic (exact) mass is 637 g/mol.